The van der Waals surface area contributed by atoms with Crippen molar-refractivity contribution in [1.29, 1.82) is 0 Å². The predicted molar refractivity (Wildman–Crippen MR) is 133 cm³/mol. The summed E-state index contributed by atoms with van der Waals surface area (Å²) in [6, 6.07) is 8.83. The van der Waals surface area contributed by atoms with E-state index in [1.165, 1.54) is 51.4 Å². The van der Waals surface area contributed by atoms with Crippen LogP contribution in [0, 0.1) is 0 Å². The molecule has 34 heavy (non-hydrogen) atoms. The number of para-hydroxylation sites is 1. The van der Waals surface area contributed by atoms with Crippen LogP contribution in [-0.2, 0) is 6.54 Å². The number of carbonyl (C=O) groups excluding carboxylic acids is 2. The molecule has 2 saturated carbocycles. The number of piperazine rings is 1. The maximum atomic E-state index is 14.0. The molecular weight excluding hydrogens is 424 g/mol. The first kappa shape index (κ1) is 22.0. The summed E-state index contributed by atoms with van der Waals surface area (Å²) in [6.45, 7) is 3.96. The quantitative estimate of drug-likeness (QED) is 0.671. The molecule has 0 spiro atoms. The predicted octanol–water partition coefficient (Wildman–Crippen LogP) is 4.61. The molecule has 6 heteroatoms. The van der Waals surface area contributed by atoms with E-state index < -0.39 is 0 Å². The largest absolute Gasteiger partial charge is 0.336 e. The molecule has 4 aliphatic rings. The van der Waals surface area contributed by atoms with E-state index in [1.54, 1.807) is 0 Å². The van der Waals surface area contributed by atoms with Crippen LogP contribution < -0.4 is 0 Å². The van der Waals surface area contributed by atoms with Crippen molar-refractivity contribution in [2.75, 3.05) is 26.2 Å². The van der Waals surface area contributed by atoms with Gasteiger partial charge in [-0.15, -0.1) is 0 Å². The third-order valence-electron chi connectivity index (χ3n) is 8.71. The van der Waals surface area contributed by atoms with E-state index in [-0.39, 0.29) is 17.9 Å². The Hall–Kier alpha value is -2.47. The molecule has 0 atom stereocenters. The summed E-state index contributed by atoms with van der Waals surface area (Å²) in [5.74, 6) is 0.0975. The lowest BCUT2D eigenvalue weighted by Gasteiger charge is -2.41. The molecule has 1 aromatic heterocycles. The highest BCUT2D eigenvalue weighted by atomic mass is 16.2. The zero-order chi connectivity index (χ0) is 23.1. The molecule has 2 amide bonds. The summed E-state index contributed by atoms with van der Waals surface area (Å²) in [5.41, 5.74) is 2.84. The Labute approximate surface area is 202 Å². The summed E-state index contributed by atoms with van der Waals surface area (Å²) in [7, 11) is 0. The summed E-state index contributed by atoms with van der Waals surface area (Å²) < 4.78 is 0. The van der Waals surface area contributed by atoms with Crippen molar-refractivity contribution in [3.63, 3.8) is 0 Å². The van der Waals surface area contributed by atoms with E-state index in [2.05, 4.69) is 4.90 Å². The fourth-order valence-corrected chi connectivity index (χ4v) is 6.79. The molecule has 0 unspecified atom stereocenters. The average Bonchev–Trinajstić information content (AvgIpc) is 3.23. The molecule has 0 bridgehead atoms. The van der Waals surface area contributed by atoms with E-state index >= 15 is 0 Å². The lowest BCUT2D eigenvalue weighted by molar-refractivity contribution is 0.0521. The van der Waals surface area contributed by atoms with Gasteiger partial charge in [0.05, 0.1) is 11.1 Å². The molecular formula is C28H36N4O2. The monoisotopic (exact) mass is 460 g/mol. The number of nitrogens with zero attached hydrogens (tertiary/aromatic N) is 4. The van der Waals surface area contributed by atoms with Gasteiger partial charge in [0, 0.05) is 55.8 Å². The second kappa shape index (κ2) is 9.29. The van der Waals surface area contributed by atoms with Gasteiger partial charge in [0.15, 0.2) is 0 Å². The van der Waals surface area contributed by atoms with Gasteiger partial charge in [-0.3, -0.25) is 14.5 Å². The Balaban J connectivity index is 1.29. The summed E-state index contributed by atoms with van der Waals surface area (Å²) in [4.78, 5) is 38.8. The maximum Gasteiger partial charge on any atom is 0.273 e. The molecule has 180 valence electrons. The third kappa shape index (κ3) is 3.90. The fraction of sp³-hybridized carbons (Fsp3) is 0.607. The van der Waals surface area contributed by atoms with Gasteiger partial charge >= 0.3 is 0 Å². The number of hydrogen-bond acceptors (Lipinski definition) is 4. The van der Waals surface area contributed by atoms with E-state index in [0.29, 0.717) is 18.3 Å². The summed E-state index contributed by atoms with van der Waals surface area (Å²) in [6.07, 6.45) is 12.4. The Kier molecular flexibility index (Phi) is 6.02. The maximum absolute atomic E-state index is 14.0. The topological polar surface area (TPSA) is 56.8 Å². The van der Waals surface area contributed by atoms with Crippen LogP contribution in [0.1, 0.15) is 90.6 Å². The minimum absolute atomic E-state index is 0.0174. The second-order valence-electron chi connectivity index (χ2n) is 10.7. The van der Waals surface area contributed by atoms with Gasteiger partial charge in [0.1, 0.15) is 5.69 Å². The zero-order valence-electron chi connectivity index (χ0n) is 20.2. The number of benzene rings is 1. The molecule has 6 rings (SSSR count). The van der Waals surface area contributed by atoms with Crippen molar-refractivity contribution < 1.29 is 9.59 Å². The highest BCUT2D eigenvalue weighted by Gasteiger charge is 2.39. The number of amides is 2. The SMILES string of the molecule is O=C(c1c2c(nc3ccccc13)C(=O)N(C1CCCCC1)C2)N1CCN(C2CCCCC2)CC1. The first-order valence-corrected chi connectivity index (χ1v) is 13.5. The zero-order valence-corrected chi connectivity index (χ0v) is 20.2. The number of pyridine rings is 1. The van der Waals surface area contributed by atoms with E-state index in [0.717, 1.165) is 61.1 Å². The lowest BCUT2D eigenvalue weighted by atomic mass is 9.93. The van der Waals surface area contributed by atoms with Crippen LogP contribution in [0.15, 0.2) is 24.3 Å². The van der Waals surface area contributed by atoms with Gasteiger partial charge in [-0.25, -0.2) is 4.98 Å². The van der Waals surface area contributed by atoms with Crippen LogP contribution in [0.4, 0.5) is 0 Å². The van der Waals surface area contributed by atoms with Crippen LogP contribution in [0.3, 0.4) is 0 Å². The Morgan fingerprint density at radius 3 is 2.18 bits per heavy atom. The Morgan fingerprint density at radius 1 is 0.824 bits per heavy atom. The third-order valence-corrected chi connectivity index (χ3v) is 8.71. The molecule has 1 saturated heterocycles. The van der Waals surface area contributed by atoms with Crippen molar-refractivity contribution in [3.8, 4) is 0 Å². The van der Waals surface area contributed by atoms with Gasteiger partial charge in [-0.2, -0.15) is 0 Å². The van der Waals surface area contributed by atoms with E-state index in [9.17, 15) is 9.59 Å². The van der Waals surface area contributed by atoms with E-state index in [4.69, 9.17) is 4.98 Å². The van der Waals surface area contributed by atoms with E-state index in [1.807, 2.05) is 34.1 Å². The number of carbonyl (C=O) groups is 2. The number of fused-ring (bicyclic) bond motifs is 2. The lowest BCUT2D eigenvalue weighted by Crippen LogP contribution is -2.52. The molecule has 3 fully saturated rings. The number of aromatic nitrogens is 1. The van der Waals surface area contributed by atoms with Crippen molar-refractivity contribution in [1.82, 2.24) is 19.7 Å². The molecule has 0 radical (unpaired) electrons. The van der Waals surface area contributed by atoms with Crippen molar-refractivity contribution in [2.45, 2.75) is 82.8 Å². The first-order chi connectivity index (χ1) is 16.7. The number of hydrogen-bond donors (Lipinski definition) is 0. The van der Waals surface area contributed by atoms with Crippen LogP contribution in [0.5, 0.6) is 0 Å². The minimum Gasteiger partial charge on any atom is -0.336 e. The fourth-order valence-electron chi connectivity index (χ4n) is 6.79. The highest BCUT2D eigenvalue weighted by molar-refractivity contribution is 6.11. The highest BCUT2D eigenvalue weighted by Crippen LogP contribution is 2.35. The molecule has 3 heterocycles. The van der Waals surface area contributed by atoms with Crippen molar-refractivity contribution >= 4 is 22.7 Å². The normalized spacial score (nSPS) is 23.0. The van der Waals surface area contributed by atoms with Gasteiger partial charge in [-0.1, -0.05) is 56.7 Å². The molecule has 2 aromatic rings. The second-order valence-corrected chi connectivity index (χ2v) is 10.7. The van der Waals surface area contributed by atoms with Gasteiger partial charge in [0.25, 0.3) is 11.8 Å². The molecule has 1 aromatic carbocycles. The average molecular weight is 461 g/mol. The smallest absolute Gasteiger partial charge is 0.273 e. The minimum atomic E-state index is 0.0174. The number of rotatable bonds is 3. The van der Waals surface area contributed by atoms with Crippen LogP contribution in [0.25, 0.3) is 10.9 Å². The van der Waals surface area contributed by atoms with Gasteiger partial charge in [0.2, 0.25) is 0 Å². The molecule has 6 nitrogen and oxygen atoms in total. The van der Waals surface area contributed by atoms with Gasteiger partial charge in [-0.05, 0) is 31.7 Å². The molecule has 2 aliphatic heterocycles. The first-order valence-electron chi connectivity index (χ1n) is 13.5. The molecule has 2 aliphatic carbocycles. The van der Waals surface area contributed by atoms with Crippen LogP contribution >= 0.6 is 0 Å². The van der Waals surface area contributed by atoms with Crippen LogP contribution in [-0.4, -0.2) is 69.8 Å². The standard InChI is InChI=1S/C28H36N4O2/c33-27(31-17-15-30(16-18-31)20-9-3-1-4-10-20)25-22-13-7-8-14-24(22)29-26-23(25)19-32(28(26)34)21-11-5-2-6-12-21/h7-8,13-14,20-21H,1-6,9-12,15-19H2. The Bertz CT molecular complexity index is 1080. The van der Waals surface area contributed by atoms with Gasteiger partial charge < -0.3 is 9.80 Å². The summed E-state index contributed by atoms with van der Waals surface area (Å²) >= 11 is 0. The van der Waals surface area contributed by atoms with Crippen LogP contribution in [0.2, 0.25) is 0 Å². The summed E-state index contributed by atoms with van der Waals surface area (Å²) in [5, 5.41) is 0.888. The Morgan fingerprint density at radius 2 is 1.47 bits per heavy atom. The van der Waals surface area contributed by atoms with Crippen molar-refractivity contribution in [2.24, 2.45) is 0 Å². The molecule has 0 N–H and O–H groups in total. The van der Waals surface area contributed by atoms with Crippen molar-refractivity contribution in [3.05, 3.63) is 41.1 Å².